The predicted molar refractivity (Wildman–Crippen MR) is 110 cm³/mol. The molecule has 1 saturated heterocycles. The van der Waals surface area contributed by atoms with Gasteiger partial charge in [-0.05, 0) is 67.1 Å². The molecule has 0 unspecified atom stereocenters. The van der Waals surface area contributed by atoms with Crippen molar-refractivity contribution >= 4 is 34.6 Å². The lowest BCUT2D eigenvalue weighted by Crippen LogP contribution is -2.39. The highest BCUT2D eigenvalue weighted by atomic mass is 35.5. The van der Waals surface area contributed by atoms with Gasteiger partial charge in [-0.25, -0.2) is 0 Å². The van der Waals surface area contributed by atoms with E-state index in [1.807, 2.05) is 12.1 Å². The molecule has 2 aromatic carbocycles. The van der Waals surface area contributed by atoms with E-state index >= 15 is 0 Å². The summed E-state index contributed by atoms with van der Waals surface area (Å²) in [6.07, 6.45) is 1.25. The molecule has 4 nitrogen and oxygen atoms in total. The van der Waals surface area contributed by atoms with Crippen LogP contribution in [0.1, 0.15) is 36.2 Å². The van der Waals surface area contributed by atoms with E-state index in [1.54, 1.807) is 24.3 Å². The Kier molecular flexibility index (Phi) is 5.42. The highest BCUT2D eigenvalue weighted by molar-refractivity contribution is 6.30. The second-order valence-electron chi connectivity index (χ2n) is 7.54. The lowest BCUT2D eigenvalue weighted by molar-refractivity contribution is 0.102. The molecule has 3 rings (SSSR count). The number of benzene rings is 2. The van der Waals surface area contributed by atoms with Crippen LogP contribution in [0.15, 0.2) is 36.4 Å². The second-order valence-corrected chi connectivity index (χ2v) is 7.97. The Labute approximate surface area is 160 Å². The van der Waals surface area contributed by atoms with Crippen LogP contribution in [0.3, 0.4) is 0 Å². The summed E-state index contributed by atoms with van der Waals surface area (Å²) in [6.45, 7) is 8.71. The van der Waals surface area contributed by atoms with Crippen molar-refractivity contribution in [2.24, 2.45) is 11.8 Å². The number of hydrogen-bond donors (Lipinski definition) is 2. The molecule has 1 fully saturated rings. The smallest absolute Gasteiger partial charge is 0.255 e. The lowest BCUT2D eigenvalue weighted by atomic mass is 9.91. The molecule has 2 aromatic rings. The number of anilines is 3. The molecule has 2 atom stereocenters. The quantitative estimate of drug-likeness (QED) is 0.749. The summed E-state index contributed by atoms with van der Waals surface area (Å²) >= 11 is 5.89. The SMILES string of the molecule is Cc1cc(N)c(NC(=O)c2ccc(Cl)cc2)cc1N1C[C@@H](C)C[C@H](C)C1. The maximum atomic E-state index is 12.5. The number of aryl methyl sites for hydroxylation is 1. The van der Waals surface area contributed by atoms with Gasteiger partial charge in [0.25, 0.3) is 5.91 Å². The highest BCUT2D eigenvalue weighted by Gasteiger charge is 2.24. The average Bonchev–Trinajstić information content (AvgIpc) is 2.57. The Hall–Kier alpha value is -2.20. The molecule has 0 bridgehead atoms. The van der Waals surface area contributed by atoms with Gasteiger partial charge in [0.05, 0.1) is 11.4 Å². The van der Waals surface area contributed by atoms with Crippen LogP contribution in [-0.2, 0) is 0 Å². The molecule has 0 spiro atoms. The van der Waals surface area contributed by atoms with E-state index < -0.39 is 0 Å². The molecule has 0 aliphatic carbocycles. The minimum Gasteiger partial charge on any atom is -0.397 e. The fraction of sp³-hybridized carbons (Fsp3) is 0.381. The number of nitrogens with zero attached hydrogens (tertiary/aromatic N) is 1. The van der Waals surface area contributed by atoms with Gasteiger partial charge in [0.1, 0.15) is 0 Å². The fourth-order valence-corrected chi connectivity index (χ4v) is 3.95. The van der Waals surface area contributed by atoms with Gasteiger partial charge in [0, 0.05) is 29.4 Å². The summed E-state index contributed by atoms with van der Waals surface area (Å²) in [4.78, 5) is 14.9. The minimum atomic E-state index is -0.191. The number of nitrogen functional groups attached to an aromatic ring is 1. The maximum absolute atomic E-state index is 12.5. The van der Waals surface area contributed by atoms with E-state index in [4.69, 9.17) is 17.3 Å². The van der Waals surface area contributed by atoms with Gasteiger partial charge in [-0.3, -0.25) is 4.79 Å². The van der Waals surface area contributed by atoms with Crippen LogP contribution in [0.2, 0.25) is 5.02 Å². The molecule has 0 aromatic heterocycles. The molecule has 1 amide bonds. The molecule has 0 saturated carbocycles. The van der Waals surface area contributed by atoms with Crippen molar-refractivity contribution in [2.45, 2.75) is 27.2 Å². The van der Waals surface area contributed by atoms with Gasteiger partial charge in [0.2, 0.25) is 0 Å². The third kappa shape index (κ3) is 4.13. The third-order valence-electron chi connectivity index (χ3n) is 4.93. The number of halogens is 1. The number of amides is 1. The van der Waals surface area contributed by atoms with E-state index in [0.717, 1.165) is 24.3 Å². The molecular formula is C21H26ClN3O. The van der Waals surface area contributed by atoms with Crippen LogP contribution in [0.5, 0.6) is 0 Å². The second kappa shape index (κ2) is 7.58. The molecular weight excluding hydrogens is 346 g/mol. The first-order valence-corrected chi connectivity index (χ1v) is 9.43. The molecule has 5 heteroatoms. The van der Waals surface area contributed by atoms with Crippen molar-refractivity contribution in [3.8, 4) is 0 Å². The Balaban J connectivity index is 1.86. The fourth-order valence-electron chi connectivity index (χ4n) is 3.82. The van der Waals surface area contributed by atoms with Crippen LogP contribution in [0, 0.1) is 18.8 Å². The number of carbonyl (C=O) groups is 1. The van der Waals surface area contributed by atoms with Gasteiger partial charge in [-0.1, -0.05) is 25.4 Å². The molecule has 138 valence electrons. The molecule has 3 N–H and O–H groups in total. The maximum Gasteiger partial charge on any atom is 0.255 e. The van der Waals surface area contributed by atoms with Crippen LogP contribution in [0.4, 0.5) is 17.1 Å². The summed E-state index contributed by atoms with van der Waals surface area (Å²) in [5.41, 5.74) is 10.2. The number of nitrogens with one attached hydrogen (secondary N) is 1. The van der Waals surface area contributed by atoms with Crippen LogP contribution in [-0.4, -0.2) is 19.0 Å². The molecule has 1 aliphatic rings. The van der Waals surface area contributed by atoms with Crippen molar-refractivity contribution in [2.75, 3.05) is 29.0 Å². The van der Waals surface area contributed by atoms with E-state index in [0.29, 0.717) is 33.8 Å². The Morgan fingerprint density at radius 3 is 2.38 bits per heavy atom. The Morgan fingerprint density at radius 1 is 1.15 bits per heavy atom. The Morgan fingerprint density at radius 2 is 1.77 bits per heavy atom. The van der Waals surface area contributed by atoms with E-state index in [-0.39, 0.29) is 5.91 Å². The third-order valence-corrected chi connectivity index (χ3v) is 5.18. The van der Waals surface area contributed by atoms with Gasteiger partial charge >= 0.3 is 0 Å². The number of piperidine rings is 1. The van der Waals surface area contributed by atoms with Crippen molar-refractivity contribution < 1.29 is 4.79 Å². The summed E-state index contributed by atoms with van der Waals surface area (Å²) in [7, 11) is 0. The van der Waals surface area contributed by atoms with Crippen LogP contribution < -0.4 is 16.0 Å². The minimum absolute atomic E-state index is 0.191. The Bertz CT molecular complexity index is 794. The monoisotopic (exact) mass is 371 g/mol. The first-order chi connectivity index (χ1) is 12.3. The number of hydrogen-bond acceptors (Lipinski definition) is 3. The lowest BCUT2D eigenvalue weighted by Gasteiger charge is -2.37. The zero-order valence-electron chi connectivity index (χ0n) is 15.6. The largest absolute Gasteiger partial charge is 0.397 e. The van der Waals surface area contributed by atoms with Crippen molar-refractivity contribution in [3.05, 3.63) is 52.5 Å². The van der Waals surface area contributed by atoms with Gasteiger partial charge in [0.15, 0.2) is 0 Å². The zero-order valence-corrected chi connectivity index (χ0v) is 16.3. The average molecular weight is 372 g/mol. The molecule has 26 heavy (non-hydrogen) atoms. The summed E-state index contributed by atoms with van der Waals surface area (Å²) < 4.78 is 0. The standard InChI is InChI=1S/C21H26ClN3O/c1-13-8-14(2)12-25(11-13)20-10-19(18(23)9-15(20)3)24-21(26)16-4-6-17(22)7-5-16/h4-7,9-10,13-14H,8,11-12,23H2,1-3H3,(H,24,26)/t13-,14-/m0/s1. The highest BCUT2D eigenvalue weighted by Crippen LogP contribution is 2.33. The van der Waals surface area contributed by atoms with Crippen LogP contribution in [0.25, 0.3) is 0 Å². The number of rotatable bonds is 3. The summed E-state index contributed by atoms with van der Waals surface area (Å²) in [5.74, 6) is 1.12. The topological polar surface area (TPSA) is 58.4 Å². The normalized spacial score (nSPS) is 20.1. The van der Waals surface area contributed by atoms with Gasteiger partial charge in [-0.15, -0.1) is 0 Å². The summed E-state index contributed by atoms with van der Waals surface area (Å²) in [6, 6.07) is 10.8. The zero-order chi connectivity index (χ0) is 18.8. The van der Waals surface area contributed by atoms with Gasteiger partial charge < -0.3 is 16.0 Å². The van der Waals surface area contributed by atoms with Crippen molar-refractivity contribution in [3.63, 3.8) is 0 Å². The van der Waals surface area contributed by atoms with Gasteiger partial charge in [-0.2, -0.15) is 0 Å². The molecule has 1 aliphatic heterocycles. The molecule has 1 heterocycles. The van der Waals surface area contributed by atoms with E-state index in [1.165, 1.54) is 6.42 Å². The van der Waals surface area contributed by atoms with E-state index in [2.05, 4.69) is 31.0 Å². The first-order valence-electron chi connectivity index (χ1n) is 9.05. The van der Waals surface area contributed by atoms with E-state index in [9.17, 15) is 4.79 Å². The van der Waals surface area contributed by atoms with Crippen molar-refractivity contribution in [1.82, 2.24) is 0 Å². The first kappa shape index (κ1) is 18.6. The summed E-state index contributed by atoms with van der Waals surface area (Å²) in [5, 5.41) is 3.55. The number of carbonyl (C=O) groups excluding carboxylic acids is 1. The van der Waals surface area contributed by atoms with Crippen molar-refractivity contribution in [1.29, 1.82) is 0 Å². The number of nitrogens with two attached hydrogens (primary N) is 1. The van der Waals surface area contributed by atoms with Crippen LogP contribution >= 0.6 is 11.6 Å². The molecule has 0 radical (unpaired) electrons. The predicted octanol–water partition coefficient (Wildman–Crippen LogP) is 4.97.